The number of nitrogens with zero attached hydrogens (tertiary/aromatic N) is 1. The summed E-state index contributed by atoms with van der Waals surface area (Å²) in [7, 11) is 0. The molecule has 6 nitrogen and oxygen atoms in total. The summed E-state index contributed by atoms with van der Waals surface area (Å²) in [5, 5.41) is 22.6. The average Bonchev–Trinajstić information content (AvgIpc) is 2.43. The molecule has 2 rings (SSSR count). The molecule has 0 saturated carbocycles. The number of hydrogen-bond donors (Lipinski definition) is 2. The van der Waals surface area contributed by atoms with Gasteiger partial charge in [-0.15, -0.1) is 0 Å². The van der Waals surface area contributed by atoms with Crippen molar-refractivity contribution in [2.75, 3.05) is 5.32 Å². The van der Waals surface area contributed by atoms with Crippen LogP contribution in [0.25, 0.3) is 0 Å². The Morgan fingerprint density at radius 3 is 2.57 bits per heavy atom. The van der Waals surface area contributed by atoms with E-state index in [9.17, 15) is 19.3 Å². The summed E-state index contributed by atoms with van der Waals surface area (Å²) in [6.45, 7) is 1.60. The fourth-order valence-corrected chi connectivity index (χ4v) is 1.75. The average molecular weight is 290 g/mol. The number of carbonyl (C=O) groups is 1. The zero-order valence-corrected chi connectivity index (χ0v) is 11.0. The molecule has 0 aromatic heterocycles. The van der Waals surface area contributed by atoms with Crippen LogP contribution in [0.3, 0.4) is 0 Å². The molecule has 2 aromatic rings. The quantitative estimate of drug-likeness (QED) is 0.664. The lowest BCUT2D eigenvalue weighted by molar-refractivity contribution is -0.383. The third-order valence-electron chi connectivity index (χ3n) is 2.89. The highest BCUT2D eigenvalue weighted by Crippen LogP contribution is 2.29. The van der Waals surface area contributed by atoms with Crippen molar-refractivity contribution in [2.45, 2.75) is 6.92 Å². The molecule has 0 radical (unpaired) electrons. The molecule has 0 spiro atoms. The number of halogens is 1. The first-order chi connectivity index (χ1) is 9.88. The normalized spacial score (nSPS) is 10.2. The van der Waals surface area contributed by atoms with Gasteiger partial charge in [-0.2, -0.15) is 0 Å². The summed E-state index contributed by atoms with van der Waals surface area (Å²) in [5.74, 6) is -1.70. The monoisotopic (exact) mass is 290 g/mol. The fourth-order valence-electron chi connectivity index (χ4n) is 1.75. The van der Waals surface area contributed by atoms with Gasteiger partial charge in [0.05, 0.1) is 10.5 Å². The summed E-state index contributed by atoms with van der Waals surface area (Å²) >= 11 is 0. The van der Waals surface area contributed by atoms with Crippen LogP contribution >= 0.6 is 0 Å². The molecule has 0 aliphatic heterocycles. The van der Waals surface area contributed by atoms with Crippen molar-refractivity contribution in [1.29, 1.82) is 0 Å². The number of carboxylic acids is 1. The Balaban J connectivity index is 2.41. The summed E-state index contributed by atoms with van der Waals surface area (Å²) in [4.78, 5) is 21.1. The lowest BCUT2D eigenvalue weighted by atomic mass is 10.1. The largest absolute Gasteiger partial charge is 0.478 e. The van der Waals surface area contributed by atoms with E-state index in [1.165, 1.54) is 24.3 Å². The van der Waals surface area contributed by atoms with Crippen molar-refractivity contribution in [3.63, 3.8) is 0 Å². The highest BCUT2D eigenvalue weighted by molar-refractivity contribution is 5.90. The SMILES string of the molecule is Cc1ccc(Nc2ccc(C(=O)O)cc2[N+](=O)[O-])cc1F. The minimum absolute atomic E-state index is 0.0910. The molecule has 0 heterocycles. The van der Waals surface area contributed by atoms with E-state index >= 15 is 0 Å². The molecule has 0 unspecified atom stereocenters. The topological polar surface area (TPSA) is 92.5 Å². The van der Waals surface area contributed by atoms with E-state index in [0.29, 0.717) is 11.3 Å². The molecule has 0 aliphatic carbocycles. The van der Waals surface area contributed by atoms with Crippen LogP contribution in [-0.2, 0) is 0 Å². The standard InChI is InChI=1S/C14H11FN2O4/c1-8-2-4-10(7-11(8)15)16-12-5-3-9(14(18)19)6-13(12)17(20)21/h2-7,16H,1H3,(H,18,19). The molecule has 108 valence electrons. The fraction of sp³-hybridized carbons (Fsp3) is 0.0714. The lowest BCUT2D eigenvalue weighted by Crippen LogP contribution is -2.02. The minimum Gasteiger partial charge on any atom is -0.478 e. The smallest absolute Gasteiger partial charge is 0.335 e. The summed E-state index contributed by atoms with van der Waals surface area (Å²) in [6, 6.07) is 7.79. The van der Waals surface area contributed by atoms with Gasteiger partial charge in [0.25, 0.3) is 5.69 Å². The molecule has 2 aromatic carbocycles. The highest BCUT2D eigenvalue weighted by Gasteiger charge is 2.17. The van der Waals surface area contributed by atoms with Crippen LogP contribution in [-0.4, -0.2) is 16.0 Å². The van der Waals surface area contributed by atoms with E-state index in [-0.39, 0.29) is 11.3 Å². The maximum Gasteiger partial charge on any atom is 0.335 e. The molecule has 7 heteroatoms. The predicted molar refractivity (Wildman–Crippen MR) is 74.5 cm³/mol. The molecule has 21 heavy (non-hydrogen) atoms. The van der Waals surface area contributed by atoms with Gasteiger partial charge in [0.2, 0.25) is 0 Å². The molecular formula is C14H11FN2O4. The number of hydrogen-bond acceptors (Lipinski definition) is 4. The number of carboxylic acid groups (broad SMARTS) is 1. The van der Waals surface area contributed by atoms with Crippen LogP contribution in [0, 0.1) is 22.9 Å². The van der Waals surface area contributed by atoms with E-state index in [2.05, 4.69) is 5.32 Å². The Morgan fingerprint density at radius 1 is 1.29 bits per heavy atom. The highest BCUT2D eigenvalue weighted by atomic mass is 19.1. The van der Waals surface area contributed by atoms with Crippen molar-refractivity contribution in [1.82, 2.24) is 0 Å². The van der Waals surface area contributed by atoms with Crippen molar-refractivity contribution in [3.05, 3.63) is 63.5 Å². The van der Waals surface area contributed by atoms with Crippen LogP contribution in [0.2, 0.25) is 0 Å². The minimum atomic E-state index is -1.26. The summed E-state index contributed by atoms with van der Waals surface area (Å²) in [6.07, 6.45) is 0. The third-order valence-corrected chi connectivity index (χ3v) is 2.89. The third kappa shape index (κ3) is 3.14. The molecule has 2 N–H and O–H groups in total. The Morgan fingerprint density at radius 2 is 2.00 bits per heavy atom. The van der Waals surface area contributed by atoms with Crippen LogP contribution in [0.5, 0.6) is 0 Å². The van der Waals surface area contributed by atoms with Gasteiger partial charge in [0.1, 0.15) is 11.5 Å². The Hall–Kier alpha value is -2.96. The molecular weight excluding hydrogens is 279 g/mol. The number of nitro groups is 1. The Kier molecular flexibility index (Phi) is 3.84. The molecule has 0 bridgehead atoms. The maximum absolute atomic E-state index is 13.5. The van der Waals surface area contributed by atoms with E-state index in [1.54, 1.807) is 13.0 Å². The van der Waals surface area contributed by atoms with Crippen molar-refractivity contribution in [2.24, 2.45) is 0 Å². The number of nitrogens with one attached hydrogen (secondary N) is 1. The van der Waals surface area contributed by atoms with Crippen molar-refractivity contribution >= 4 is 23.0 Å². The number of aryl methyl sites for hydroxylation is 1. The summed E-state index contributed by atoms with van der Waals surface area (Å²) in [5.41, 5.74) is 0.298. The van der Waals surface area contributed by atoms with Gasteiger partial charge in [-0.25, -0.2) is 9.18 Å². The van der Waals surface area contributed by atoms with E-state index < -0.39 is 22.4 Å². The molecule has 0 aliphatic rings. The van der Waals surface area contributed by atoms with Crippen LogP contribution < -0.4 is 5.32 Å². The zero-order chi connectivity index (χ0) is 15.6. The second kappa shape index (κ2) is 5.58. The predicted octanol–water partition coefficient (Wildman–Crippen LogP) is 3.48. The number of aromatic carboxylic acids is 1. The van der Waals surface area contributed by atoms with E-state index in [0.717, 1.165) is 6.07 Å². The maximum atomic E-state index is 13.5. The van der Waals surface area contributed by atoms with Gasteiger partial charge in [0, 0.05) is 11.8 Å². The van der Waals surface area contributed by atoms with Gasteiger partial charge in [-0.1, -0.05) is 6.07 Å². The number of anilines is 2. The van der Waals surface area contributed by atoms with Gasteiger partial charge < -0.3 is 10.4 Å². The molecule has 0 atom stereocenters. The summed E-state index contributed by atoms with van der Waals surface area (Å²) < 4.78 is 13.5. The molecule has 0 amide bonds. The van der Waals surface area contributed by atoms with Crippen LogP contribution in [0.1, 0.15) is 15.9 Å². The Labute approximate surface area is 119 Å². The van der Waals surface area contributed by atoms with Gasteiger partial charge in [-0.3, -0.25) is 10.1 Å². The van der Waals surface area contributed by atoms with Gasteiger partial charge in [0.15, 0.2) is 0 Å². The lowest BCUT2D eigenvalue weighted by Gasteiger charge is -2.08. The van der Waals surface area contributed by atoms with Gasteiger partial charge >= 0.3 is 5.97 Å². The molecule has 0 saturated heterocycles. The zero-order valence-electron chi connectivity index (χ0n) is 11.0. The van der Waals surface area contributed by atoms with E-state index in [4.69, 9.17) is 5.11 Å². The first-order valence-corrected chi connectivity index (χ1v) is 5.93. The Bertz CT molecular complexity index is 731. The molecule has 0 fully saturated rings. The van der Waals surface area contributed by atoms with Gasteiger partial charge in [-0.05, 0) is 36.8 Å². The van der Waals surface area contributed by atoms with E-state index in [1.807, 2.05) is 0 Å². The first kappa shape index (κ1) is 14.4. The second-order valence-electron chi connectivity index (χ2n) is 4.38. The van der Waals surface area contributed by atoms with Crippen LogP contribution in [0.15, 0.2) is 36.4 Å². The number of rotatable bonds is 4. The number of nitro benzene ring substituents is 1. The van der Waals surface area contributed by atoms with Crippen LogP contribution in [0.4, 0.5) is 21.5 Å². The van der Waals surface area contributed by atoms with Crippen molar-refractivity contribution < 1.29 is 19.2 Å². The van der Waals surface area contributed by atoms with Crippen molar-refractivity contribution in [3.8, 4) is 0 Å². The first-order valence-electron chi connectivity index (χ1n) is 5.93. The number of benzene rings is 2. The second-order valence-corrected chi connectivity index (χ2v) is 4.38.